The Morgan fingerprint density at radius 3 is 2.39 bits per heavy atom. The first-order valence-electron chi connectivity index (χ1n) is 6.09. The fourth-order valence-corrected chi connectivity index (χ4v) is 2.82. The molecule has 0 N–H and O–H groups in total. The highest BCUT2D eigenvalue weighted by Gasteiger charge is 2.13. The van der Waals surface area contributed by atoms with E-state index in [9.17, 15) is 21.6 Å². The van der Waals surface area contributed by atoms with Crippen LogP contribution in [0.2, 0.25) is 0 Å². The molecule has 0 spiro atoms. The van der Waals surface area contributed by atoms with E-state index in [1.165, 1.54) is 18.2 Å². The average molecular weight is 408 g/mol. The molecule has 0 bridgehead atoms. The Morgan fingerprint density at radius 2 is 1.78 bits per heavy atom. The number of halogens is 4. The highest BCUT2D eigenvalue weighted by molar-refractivity contribution is 9.10. The quantitative estimate of drug-likeness (QED) is 0.703. The van der Waals surface area contributed by atoms with Crippen LogP contribution in [0.5, 0.6) is 5.75 Å². The Morgan fingerprint density at radius 1 is 1.13 bits per heavy atom. The van der Waals surface area contributed by atoms with Crippen LogP contribution in [-0.4, -0.2) is 21.2 Å². The van der Waals surface area contributed by atoms with Gasteiger partial charge in [-0.25, -0.2) is 4.39 Å². The zero-order valence-electron chi connectivity index (χ0n) is 11.3. The van der Waals surface area contributed by atoms with E-state index in [1.807, 2.05) is 0 Å². The average Bonchev–Trinajstić information content (AvgIpc) is 2.49. The van der Waals surface area contributed by atoms with Crippen molar-refractivity contribution in [3.63, 3.8) is 0 Å². The van der Waals surface area contributed by atoms with Gasteiger partial charge in [-0.05, 0) is 46.3 Å². The van der Waals surface area contributed by atoms with Crippen LogP contribution in [0.25, 0.3) is 0 Å². The third-order valence-electron chi connectivity index (χ3n) is 2.66. The van der Waals surface area contributed by atoms with Gasteiger partial charge in [-0.15, -0.1) is 0 Å². The first-order chi connectivity index (χ1) is 10.8. The van der Waals surface area contributed by atoms with Gasteiger partial charge in [0, 0.05) is 11.8 Å². The number of hydrogen-bond acceptors (Lipinski definition) is 3. The Labute approximate surface area is 138 Å². The monoisotopic (exact) mass is 407 g/mol. The Hall–Kier alpha value is -1.87. The second kappa shape index (κ2) is 7.14. The summed E-state index contributed by atoms with van der Waals surface area (Å²) in [5, 5.41) is 0. The standard InChI is InChI=1S/C14H9BrF3NO3S/c15-13-9(2-1-3-12(13)16)8-19-23(20,21)11-6-4-10(5-7-11)22-14(17)18/h1-8,14H/b19-8+. The lowest BCUT2D eigenvalue weighted by Gasteiger charge is -2.05. The van der Waals surface area contributed by atoms with Crippen molar-refractivity contribution in [3.8, 4) is 5.75 Å². The number of nitrogens with zero attached hydrogens (tertiary/aromatic N) is 1. The minimum Gasteiger partial charge on any atom is -0.435 e. The zero-order chi connectivity index (χ0) is 17.0. The third-order valence-corrected chi connectivity index (χ3v) is 4.75. The van der Waals surface area contributed by atoms with Crippen LogP contribution >= 0.6 is 15.9 Å². The van der Waals surface area contributed by atoms with Gasteiger partial charge in [-0.3, -0.25) is 0 Å². The SMILES string of the molecule is O=S(=O)(/N=C/c1cccc(F)c1Br)c1ccc(OC(F)F)cc1. The van der Waals surface area contributed by atoms with E-state index >= 15 is 0 Å². The summed E-state index contributed by atoms with van der Waals surface area (Å²) in [4.78, 5) is -0.206. The number of alkyl halides is 2. The Bertz CT molecular complexity index is 824. The summed E-state index contributed by atoms with van der Waals surface area (Å²) in [6.45, 7) is -3.00. The molecule has 4 nitrogen and oxygen atoms in total. The van der Waals surface area contributed by atoms with E-state index in [1.54, 1.807) is 0 Å². The van der Waals surface area contributed by atoms with Crippen molar-refractivity contribution < 1.29 is 26.3 Å². The summed E-state index contributed by atoms with van der Waals surface area (Å²) in [6.07, 6.45) is 0.992. The van der Waals surface area contributed by atoms with Crippen molar-refractivity contribution in [1.82, 2.24) is 0 Å². The van der Waals surface area contributed by atoms with E-state index in [-0.39, 0.29) is 20.7 Å². The van der Waals surface area contributed by atoms with Gasteiger partial charge in [-0.1, -0.05) is 12.1 Å². The largest absolute Gasteiger partial charge is 0.435 e. The first kappa shape index (κ1) is 17.5. The van der Waals surface area contributed by atoms with Gasteiger partial charge in [0.2, 0.25) is 0 Å². The van der Waals surface area contributed by atoms with Crippen LogP contribution in [0, 0.1) is 5.82 Å². The smallest absolute Gasteiger partial charge is 0.387 e. The predicted octanol–water partition coefficient (Wildman–Crippen LogP) is 4.00. The molecule has 122 valence electrons. The minimum atomic E-state index is -4.05. The predicted molar refractivity (Wildman–Crippen MR) is 82.0 cm³/mol. The molecule has 2 aromatic carbocycles. The van der Waals surface area contributed by atoms with Crippen molar-refractivity contribution in [1.29, 1.82) is 0 Å². The molecule has 0 aliphatic heterocycles. The summed E-state index contributed by atoms with van der Waals surface area (Å²) in [6, 6.07) is 8.45. The molecule has 0 fully saturated rings. The molecule has 0 aliphatic carbocycles. The van der Waals surface area contributed by atoms with Crippen LogP contribution in [-0.2, 0) is 10.0 Å². The van der Waals surface area contributed by atoms with Crippen LogP contribution < -0.4 is 4.74 Å². The van der Waals surface area contributed by atoms with E-state index in [4.69, 9.17) is 0 Å². The van der Waals surface area contributed by atoms with Crippen molar-refractivity contribution in [2.75, 3.05) is 0 Å². The van der Waals surface area contributed by atoms with E-state index < -0.39 is 22.5 Å². The van der Waals surface area contributed by atoms with Crippen molar-refractivity contribution >= 4 is 32.2 Å². The first-order valence-corrected chi connectivity index (χ1v) is 8.32. The molecular formula is C14H9BrF3NO3S. The van der Waals surface area contributed by atoms with Crippen molar-refractivity contribution in [2.45, 2.75) is 11.5 Å². The van der Waals surface area contributed by atoms with Crippen LogP contribution in [0.3, 0.4) is 0 Å². The van der Waals surface area contributed by atoms with E-state index in [2.05, 4.69) is 25.1 Å². The lowest BCUT2D eigenvalue weighted by atomic mass is 10.2. The molecule has 2 rings (SSSR count). The van der Waals surface area contributed by atoms with Gasteiger partial charge < -0.3 is 4.74 Å². The fourth-order valence-electron chi connectivity index (χ4n) is 1.60. The molecule has 0 radical (unpaired) electrons. The van der Waals surface area contributed by atoms with E-state index in [0.29, 0.717) is 0 Å². The van der Waals surface area contributed by atoms with Gasteiger partial charge in [0.05, 0.1) is 9.37 Å². The summed E-state index contributed by atoms with van der Waals surface area (Å²) in [5.41, 5.74) is 0.242. The van der Waals surface area contributed by atoms with Crippen molar-refractivity contribution in [3.05, 3.63) is 58.3 Å². The normalized spacial score (nSPS) is 12.0. The highest BCUT2D eigenvalue weighted by atomic mass is 79.9. The summed E-state index contributed by atoms with van der Waals surface area (Å²) >= 11 is 2.99. The molecule has 23 heavy (non-hydrogen) atoms. The Kier molecular flexibility index (Phi) is 5.42. The zero-order valence-corrected chi connectivity index (χ0v) is 13.7. The lowest BCUT2D eigenvalue weighted by Crippen LogP contribution is -2.03. The summed E-state index contributed by atoms with van der Waals surface area (Å²) < 4.78 is 69.1. The third kappa shape index (κ3) is 4.55. The Balaban J connectivity index is 2.24. The van der Waals surface area contributed by atoms with Gasteiger partial charge in [-0.2, -0.15) is 21.6 Å². The maximum atomic E-state index is 13.3. The summed E-state index contributed by atoms with van der Waals surface area (Å²) in [5.74, 6) is -0.726. The highest BCUT2D eigenvalue weighted by Crippen LogP contribution is 2.21. The molecule has 0 heterocycles. The number of rotatable bonds is 5. The van der Waals surface area contributed by atoms with Crippen LogP contribution in [0.1, 0.15) is 5.56 Å². The molecule has 0 saturated heterocycles. The second-order valence-electron chi connectivity index (χ2n) is 4.20. The molecule has 0 aliphatic rings. The van der Waals surface area contributed by atoms with Crippen LogP contribution in [0.15, 0.2) is 56.2 Å². The molecular weight excluding hydrogens is 399 g/mol. The number of benzene rings is 2. The van der Waals surface area contributed by atoms with Gasteiger partial charge >= 0.3 is 6.61 Å². The number of sulfonamides is 1. The van der Waals surface area contributed by atoms with Crippen molar-refractivity contribution in [2.24, 2.45) is 4.40 Å². The number of ether oxygens (including phenoxy) is 1. The number of hydrogen-bond donors (Lipinski definition) is 0. The molecule has 0 atom stereocenters. The van der Waals surface area contributed by atoms with E-state index in [0.717, 1.165) is 30.5 Å². The molecule has 0 saturated carbocycles. The molecule has 2 aromatic rings. The fraction of sp³-hybridized carbons (Fsp3) is 0.0714. The van der Waals surface area contributed by atoms with Gasteiger partial charge in [0.25, 0.3) is 10.0 Å². The maximum absolute atomic E-state index is 13.3. The molecule has 0 unspecified atom stereocenters. The topological polar surface area (TPSA) is 55.7 Å². The molecule has 0 amide bonds. The van der Waals surface area contributed by atoms with Gasteiger partial charge in [0.15, 0.2) is 0 Å². The minimum absolute atomic E-state index is 0.0830. The summed E-state index contributed by atoms with van der Waals surface area (Å²) in [7, 11) is -4.05. The lowest BCUT2D eigenvalue weighted by molar-refractivity contribution is -0.0498. The van der Waals surface area contributed by atoms with Gasteiger partial charge in [0.1, 0.15) is 11.6 Å². The maximum Gasteiger partial charge on any atom is 0.387 e. The molecule has 0 aromatic heterocycles. The molecule has 9 heteroatoms. The van der Waals surface area contributed by atoms with Crippen LogP contribution in [0.4, 0.5) is 13.2 Å². The second-order valence-corrected chi connectivity index (χ2v) is 6.63.